The Balaban J connectivity index is 2.15. The first-order chi connectivity index (χ1) is 9.90. The van der Waals surface area contributed by atoms with Crippen molar-refractivity contribution in [3.05, 3.63) is 17.3 Å². The number of thiophene rings is 1. The summed E-state index contributed by atoms with van der Waals surface area (Å²) in [5, 5.41) is 5.36. The number of rotatable bonds is 4. The van der Waals surface area contributed by atoms with Gasteiger partial charge in [-0.3, -0.25) is 9.59 Å². The van der Waals surface area contributed by atoms with Gasteiger partial charge in [0.25, 0.3) is 5.91 Å². The Kier molecular flexibility index (Phi) is 4.37. The van der Waals surface area contributed by atoms with Crippen LogP contribution < -0.4 is 16.4 Å². The van der Waals surface area contributed by atoms with Gasteiger partial charge in [-0.1, -0.05) is 0 Å². The van der Waals surface area contributed by atoms with Crippen LogP contribution in [-0.4, -0.2) is 33.9 Å². The molecule has 0 aliphatic carbocycles. The Morgan fingerprint density at radius 2 is 1.86 bits per heavy atom. The molecule has 0 radical (unpaired) electrons. The van der Waals surface area contributed by atoms with Crippen molar-refractivity contribution >= 4 is 39.2 Å². The molecule has 4 N–H and O–H groups in total. The standard InChI is InChI=1S/C13H17N5O2S/c1-6(2)17-11(19)7(3)18-12(20)10-8(14)9-13(21-10)16-5-4-15-9/h4-7H,14H2,1-3H3,(H,17,19)(H,18,20). The lowest BCUT2D eigenvalue weighted by Gasteiger charge is -2.15. The van der Waals surface area contributed by atoms with Crippen molar-refractivity contribution in [1.82, 2.24) is 20.6 Å². The maximum Gasteiger partial charge on any atom is 0.264 e. The number of hydrogen-bond donors (Lipinski definition) is 3. The molecule has 1 unspecified atom stereocenters. The lowest BCUT2D eigenvalue weighted by atomic mass is 10.2. The number of carbonyl (C=O) groups excluding carboxylic acids is 2. The zero-order valence-electron chi connectivity index (χ0n) is 12.0. The SMILES string of the molecule is CC(C)NC(=O)C(C)NC(=O)c1sc2nccnc2c1N. The lowest BCUT2D eigenvalue weighted by molar-refractivity contribution is -0.123. The number of amides is 2. The van der Waals surface area contributed by atoms with E-state index >= 15 is 0 Å². The minimum Gasteiger partial charge on any atom is -0.396 e. The molecule has 7 nitrogen and oxygen atoms in total. The molecule has 2 rings (SSSR count). The zero-order valence-corrected chi connectivity index (χ0v) is 12.8. The van der Waals surface area contributed by atoms with Crippen molar-refractivity contribution in [3.8, 4) is 0 Å². The highest BCUT2D eigenvalue weighted by atomic mass is 32.1. The molecular formula is C13H17N5O2S. The van der Waals surface area contributed by atoms with Crippen molar-refractivity contribution in [1.29, 1.82) is 0 Å². The predicted molar refractivity (Wildman–Crippen MR) is 82.0 cm³/mol. The van der Waals surface area contributed by atoms with Crippen molar-refractivity contribution in [2.24, 2.45) is 0 Å². The maximum atomic E-state index is 12.2. The topological polar surface area (TPSA) is 110 Å². The summed E-state index contributed by atoms with van der Waals surface area (Å²) in [6.07, 6.45) is 3.06. The van der Waals surface area contributed by atoms with E-state index < -0.39 is 11.9 Å². The van der Waals surface area contributed by atoms with E-state index in [0.29, 0.717) is 15.2 Å². The molecule has 2 heterocycles. The number of nitrogens with zero attached hydrogens (tertiary/aromatic N) is 2. The van der Waals surface area contributed by atoms with Crippen LogP contribution in [0.2, 0.25) is 0 Å². The molecule has 8 heteroatoms. The first-order valence-electron chi connectivity index (χ1n) is 6.50. The van der Waals surface area contributed by atoms with Gasteiger partial charge in [0.2, 0.25) is 5.91 Å². The highest BCUT2D eigenvalue weighted by Crippen LogP contribution is 2.30. The summed E-state index contributed by atoms with van der Waals surface area (Å²) in [6.45, 7) is 5.33. The number of fused-ring (bicyclic) bond motifs is 1. The highest BCUT2D eigenvalue weighted by molar-refractivity contribution is 7.21. The molecule has 0 saturated carbocycles. The van der Waals surface area contributed by atoms with Gasteiger partial charge in [-0.2, -0.15) is 0 Å². The van der Waals surface area contributed by atoms with Crippen molar-refractivity contribution < 1.29 is 9.59 Å². The summed E-state index contributed by atoms with van der Waals surface area (Å²) in [5.74, 6) is -0.641. The summed E-state index contributed by atoms with van der Waals surface area (Å²) in [6, 6.07) is -0.634. The molecule has 2 aromatic heterocycles. The van der Waals surface area contributed by atoms with Crippen LogP contribution in [-0.2, 0) is 4.79 Å². The molecule has 0 fully saturated rings. The van der Waals surface area contributed by atoms with Gasteiger partial charge in [0.05, 0.1) is 5.69 Å². The van der Waals surface area contributed by atoms with E-state index in [-0.39, 0.29) is 17.6 Å². The Morgan fingerprint density at radius 1 is 1.19 bits per heavy atom. The Labute approximate surface area is 126 Å². The van der Waals surface area contributed by atoms with Crippen LogP contribution in [0.4, 0.5) is 5.69 Å². The average Bonchev–Trinajstić information content (AvgIpc) is 2.76. The first kappa shape index (κ1) is 15.2. The second-order valence-electron chi connectivity index (χ2n) is 4.91. The normalized spacial score (nSPS) is 12.4. The van der Waals surface area contributed by atoms with Gasteiger partial charge in [-0.25, -0.2) is 9.97 Å². The molecule has 0 spiro atoms. The van der Waals surface area contributed by atoms with Crippen LogP contribution in [0.15, 0.2) is 12.4 Å². The fourth-order valence-electron chi connectivity index (χ4n) is 1.75. The molecule has 1 atom stereocenters. The number of anilines is 1. The Morgan fingerprint density at radius 3 is 2.48 bits per heavy atom. The van der Waals surface area contributed by atoms with Gasteiger partial charge in [-0.05, 0) is 20.8 Å². The smallest absolute Gasteiger partial charge is 0.264 e. The third-order valence-electron chi connectivity index (χ3n) is 2.74. The van der Waals surface area contributed by atoms with Gasteiger partial charge in [0.15, 0.2) is 0 Å². The molecule has 0 saturated heterocycles. The number of aromatic nitrogens is 2. The molecule has 2 amide bonds. The second-order valence-corrected chi connectivity index (χ2v) is 5.91. The monoisotopic (exact) mass is 307 g/mol. The number of nitrogen functional groups attached to an aromatic ring is 1. The Hall–Kier alpha value is -2.22. The Bertz CT molecular complexity index is 682. The minimum atomic E-state index is -0.648. The first-order valence-corrected chi connectivity index (χ1v) is 7.32. The van der Waals surface area contributed by atoms with E-state index in [1.807, 2.05) is 13.8 Å². The molecule has 0 aliphatic rings. The van der Waals surface area contributed by atoms with E-state index in [0.717, 1.165) is 11.3 Å². The van der Waals surface area contributed by atoms with E-state index in [9.17, 15) is 9.59 Å². The van der Waals surface area contributed by atoms with Crippen molar-refractivity contribution in [2.45, 2.75) is 32.9 Å². The summed E-state index contributed by atoms with van der Waals surface area (Å²) in [7, 11) is 0. The van der Waals surface area contributed by atoms with E-state index in [1.165, 1.54) is 6.20 Å². The third kappa shape index (κ3) is 3.27. The summed E-state index contributed by atoms with van der Waals surface area (Å²) >= 11 is 1.16. The molecular weight excluding hydrogens is 290 g/mol. The number of hydrogen-bond acceptors (Lipinski definition) is 6. The van der Waals surface area contributed by atoms with Crippen LogP contribution in [0, 0.1) is 0 Å². The van der Waals surface area contributed by atoms with E-state index in [2.05, 4.69) is 20.6 Å². The molecule has 0 aromatic carbocycles. The third-order valence-corrected chi connectivity index (χ3v) is 3.84. The maximum absolute atomic E-state index is 12.2. The fraction of sp³-hybridized carbons (Fsp3) is 0.385. The van der Waals surface area contributed by atoms with Crippen LogP contribution in [0.1, 0.15) is 30.4 Å². The van der Waals surface area contributed by atoms with Crippen LogP contribution in [0.25, 0.3) is 10.3 Å². The molecule has 112 valence electrons. The van der Waals surface area contributed by atoms with Gasteiger partial charge in [-0.15, -0.1) is 11.3 Å². The van der Waals surface area contributed by atoms with E-state index in [1.54, 1.807) is 13.1 Å². The van der Waals surface area contributed by atoms with Gasteiger partial charge in [0, 0.05) is 18.4 Å². The zero-order chi connectivity index (χ0) is 15.6. The predicted octanol–water partition coefficient (Wildman–Crippen LogP) is 0.916. The van der Waals surface area contributed by atoms with Gasteiger partial charge in [0.1, 0.15) is 21.3 Å². The summed E-state index contributed by atoms with van der Waals surface area (Å²) in [5.41, 5.74) is 6.71. The summed E-state index contributed by atoms with van der Waals surface area (Å²) < 4.78 is 0. The molecule has 21 heavy (non-hydrogen) atoms. The number of nitrogens with one attached hydrogen (secondary N) is 2. The summed E-state index contributed by atoms with van der Waals surface area (Å²) in [4.78, 5) is 33.2. The fourth-order valence-corrected chi connectivity index (χ4v) is 2.67. The highest BCUT2D eigenvalue weighted by Gasteiger charge is 2.22. The van der Waals surface area contributed by atoms with Crippen LogP contribution in [0.3, 0.4) is 0 Å². The van der Waals surface area contributed by atoms with Crippen LogP contribution >= 0.6 is 11.3 Å². The molecule has 0 aliphatic heterocycles. The molecule has 2 aromatic rings. The quantitative estimate of drug-likeness (QED) is 0.778. The minimum absolute atomic E-state index is 0.0136. The number of nitrogens with two attached hydrogens (primary N) is 1. The lowest BCUT2D eigenvalue weighted by Crippen LogP contribution is -2.46. The van der Waals surface area contributed by atoms with E-state index in [4.69, 9.17) is 5.73 Å². The van der Waals surface area contributed by atoms with Gasteiger partial charge < -0.3 is 16.4 Å². The average molecular weight is 307 g/mol. The second kappa shape index (κ2) is 6.04. The van der Waals surface area contributed by atoms with Gasteiger partial charge >= 0.3 is 0 Å². The van der Waals surface area contributed by atoms with Crippen LogP contribution in [0.5, 0.6) is 0 Å². The number of carbonyl (C=O) groups is 2. The molecule has 0 bridgehead atoms. The largest absolute Gasteiger partial charge is 0.396 e. The van der Waals surface area contributed by atoms with Crippen molar-refractivity contribution in [2.75, 3.05) is 5.73 Å². The van der Waals surface area contributed by atoms with Crippen molar-refractivity contribution in [3.63, 3.8) is 0 Å².